The topological polar surface area (TPSA) is 97.8 Å². The zero-order chi connectivity index (χ0) is 14.5. The lowest BCUT2D eigenvalue weighted by Gasteiger charge is -2.24. The number of nitrogen functional groups attached to an aromatic ring is 1. The van der Waals surface area contributed by atoms with Gasteiger partial charge in [-0.1, -0.05) is 13.3 Å². The molecule has 0 amide bonds. The Morgan fingerprint density at radius 1 is 1.40 bits per heavy atom. The molecule has 108 valence electrons. The van der Waals surface area contributed by atoms with Crippen molar-refractivity contribution < 1.29 is 0 Å². The predicted molar refractivity (Wildman–Crippen MR) is 77.5 cm³/mol. The summed E-state index contributed by atoms with van der Waals surface area (Å²) in [7, 11) is 1.97. The minimum atomic E-state index is 0.328. The van der Waals surface area contributed by atoms with E-state index in [1.54, 1.807) is 23.3 Å². The van der Waals surface area contributed by atoms with Crippen LogP contribution in [0.4, 0.5) is 11.9 Å². The molecule has 2 aromatic rings. The van der Waals surface area contributed by atoms with Crippen LogP contribution in [-0.4, -0.2) is 37.6 Å². The van der Waals surface area contributed by atoms with Gasteiger partial charge in [0.15, 0.2) is 0 Å². The standard InChI is InChI=1S/C12H20N8/c1-4-5-9(2)19(3)11-15-10(18-13)16-12(17-11)20-7-6-14-8-20/h6-9H,4-5,13H2,1-3H3,(H,15,16,17,18). The van der Waals surface area contributed by atoms with Crippen LogP contribution in [0.15, 0.2) is 18.7 Å². The average Bonchev–Trinajstić information content (AvgIpc) is 3.00. The van der Waals surface area contributed by atoms with Gasteiger partial charge in [0.2, 0.25) is 17.8 Å². The second-order valence-corrected chi connectivity index (χ2v) is 4.62. The van der Waals surface area contributed by atoms with Gasteiger partial charge in [-0.15, -0.1) is 0 Å². The predicted octanol–water partition coefficient (Wildman–Crippen LogP) is 0.968. The van der Waals surface area contributed by atoms with E-state index < -0.39 is 0 Å². The number of nitrogens with one attached hydrogen (secondary N) is 1. The van der Waals surface area contributed by atoms with Crippen LogP contribution in [0.5, 0.6) is 0 Å². The van der Waals surface area contributed by atoms with Crippen LogP contribution in [-0.2, 0) is 0 Å². The van der Waals surface area contributed by atoms with Crippen LogP contribution < -0.4 is 16.2 Å². The smallest absolute Gasteiger partial charge is 0.243 e. The first-order chi connectivity index (χ1) is 9.65. The highest BCUT2D eigenvalue weighted by Crippen LogP contribution is 2.15. The summed E-state index contributed by atoms with van der Waals surface area (Å²) >= 11 is 0. The van der Waals surface area contributed by atoms with Gasteiger partial charge < -0.3 is 4.90 Å². The molecular formula is C12H20N8. The van der Waals surface area contributed by atoms with Gasteiger partial charge in [0.1, 0.15) is 6.33 Å². The molecule has 2 rings (SSSR count). The fourth-order valence-electron chi connectivity index (χ4n) is 1.88. The lowest BCUT2D eigenvalue weighted by molar-refractivity contribution is 0.603. The Labute approximate surface area is 118 Å². The normalized spacial score (nSPS) is 12.2. The molecule has 0 aliphatic rings. The third-order valence-corrected chi connectivity index (χ3v) is 3.16. The summed E-state index contributed by atoms with van der Waals surface area (Å²) in [4.78, 5) is 19.0. The van der Waals surface area contributed by atoms with Crippen LogP contribution in [0.2, 0.25) is 0 Å². The third-order valence-electron chi connectivity index (χ3n) is 3.16. The molecule has 3 N–H and O–H groups in total. The molecule has 0 bridgehead atoms. The van der Waals surface area contributed by atoms with Crippen molar-refractivity contribution in [3.63, 3.8) is 0 Å². The molecule has 0 aromatic carbocycles. The van der Waals surface area contributed by atoms with E-state index in [9.17, 15) is 0 Å². The number of hydrogen-bond acceptors (Lipinski definition) is 7. The molecule has 2 heterocycles. The molecule has 8 heteroatoms. The number of nitrogens with two attached hydrogens (primary N) is 1. The van der Waals surface area contributed by atoms with Gasteiger partial charge in [-0.3, -0.25) is 9.99 Å². The van der Waals surface area contributed by atoms with Gasteiger partial charge in [-0.25, -0.2) is 10.8 Å². The Bertz CT molecular complexity index is 538. The van der Waals surface area contributed by atoms with Crippen molar-refractivity contribution >= 4 is 11.9 Å². The van der Waals surface area contributed by atoms with Crippen LogP contribution in [0.3, 0.4) is 0 Å². The van der Waals surface area contributed by atoms with E-state index in [0.29, 0.717) is 23.9 Å². The molecule has 1 unspecified atom stereocenters. The van der Waals surface area contributed by atoms with Crippen LogP contribution in [0, 0.1) is 0 Å². The summed E-state index contributed by atoms with van der Waals surface area (Å²) in [5.74, 6) is 6.82. The highest BCUT2D eigenvalue weighted by molar-refractivity contribution is 5.39. The molecular weight excluding hydrogens is 256 g/mol. The van der Waals surface area contributed by atoms with Crippen molar-refractivity contribution in [2.75, 3.05) is 17.4 Å². The molecule has 0 fully saturated rings. The van der Waals surface area contributed by atoms with Gasteiger partial charge in [0, 0.05) is 25.5 Å². The lowest BCUT2D eigenvalue weighted by Crippen LogP contribution is -2.31. The average molecular weight is 276 g/mol. The van der Waals surface area contributed by atoms with Gasteiger partial charge in [0.05, 0.1) is 0 Å². The highest BCUT2D eigenvalue weighted by Gasteiger charge is 2.15. The first-order valence-corrected chi connectivity index (χ1v) is 6.59. The Kier molecular flexibility index (Phi) is 4.46. The van der Waals surface area contributed by atoms with Crippen LogP contribution in [0.25, 0.3) is 5.95 Å². The Hall–Kier alpha value is -2.22. The molecule has 0 saturated carbocycles. The molecule has 0 aliphatic heterocycles. The van der Waals surface area contributed by atoms with E-state index in [1.807, 2.05) is 11.9 Å². The molecule has 0 saturated heterocycles. The van der Waals surface area contributed by atoms with Crippen molar-refractivity contribution in [3.05, 3.63) is 18.7 Å². The molecule has 1 atom stereocenters. The Morgan fingerprint density at radius 3 is 2.80 bits per heavy atom. The number of imidazole rings is 1. The lowest BCUT2D eigenvalue weighted by atomic mass is 10.2. The summed E-state index contributed by atoms with van der Waals surface area (Å²) < 4.78 is 1.71. The van der Waals surface area contributed by atoms with E-state index in [0.717, 1.165) is 12.8 Å². The van der Waals surface area contributed by atoms with Crippen molar-refractivity contribution in [3.8, 4) is 5.95 Å². The van der Waals surface area contributed by atoms with Crippen molar-refractivity contribution in [2.24, 2.45) is 5.84 Å². The number of rotatable bonds is 6. The van der Waals surface area contributed by atoms with E-state index in [4.69, 9.17) is 5.84 Å². The molecule has 0 spiro atoms. The number of nitrogens with zero attached hydrogens (tertiary/aromatic N) is 6. The quantitative estimate of drug-likeness (QED) is 0.599. The first-order valence-electron chi connectivity index (χ1n) is 6.59. The summed E-state index contributed by atoms with van der Waals surface area (Å²) in [6.07, 6.45) is 7.24. The van der Waals surface area contributed by atoms with Crippen LogP contribution in [0.1, 0.15) is 26.7 Å². The number of hydrogen-bond donors (Lipinski definition) is 2. The van der Waals surface area contributed by atoms with Crippen molar-refractivity contribution in [1.29, 1.82) is 0 Å². The van der Waals surface area contributed by atoms with E-state index in [1.165, 1.54) is 0 Å². The first kappa shape index (κ1) is 14.2. The number of aromatic nitrogens is 5. The zero-order valence-electron chi connectivity index (χ0n) is 12.0. The SMILES string of the molecule is CCCC(C)N(C)c1nc(NN)nc(-n2ccnc2)n1. The maximum Gasteiger partial charge on any atom is 0.243 e. The summed E-state index contributed by atoms with van der Waals surface area (Å²) in [5.41, 5.74) is 2.47. The van der Waals surface area contributed by atoms with Crippen molar-refractivity contribution in [2.45, 2.75) is 32.7 Å². The van der Waals surface area contributed by atoms with Crippen molar-refractivity contribution in [1.82, 2.24) is 24.5 Å². The van der Waals surface area contributed by atoms with Crippen LogP contribution >= 0.6 is 0 Å². The number of anilines is 2. The summed E-state index contributed by atoms with van der Waals surface area (Å²) in [5, 5.41) is 0. The van der Waals surface area contributed by atoms with Gasteiger partial charge in [0.25, 0.3) is 0 Å². The maximum absolute atomic E-state index is 5.43. The zero-order valence-corrected chi connectivity index (χ0v) is 12.0. The van der Waals surface area contributed by atoms with Gasteiger partial charge in [-0.05, 0) is 13.3 Å². The summed E-state index contributed by atoms with van der Waals surface area (Å²) in [6.45, 7) is 4.29. The fourth-order valence-corrected chi connectivity index (χ4v) is 1.88. The van der Waals surface area contributed by atoms with Gasteiger partial charge in [-0.2, -0.15) is 15.0 Å². The van der Waals surface area contributed by atoms with Gasteiger partial charge >= 0.3 is 0 Å². The van der Waals surface area contributed by atoms with E-state index in [2.05, 4.69) is 39.2 Å². The minimum Gasteiger partial charge on any atom is -0.341 e. The molecule has 0 aliphatic carbocycles. The summed E-state index contributed by atoms with van der Waals surface area (Å²) in [6, 6.07) is 0.337. The Balaban J connectivity index is 2.35. The van der Waals surface area contributed by atoms with E-state index in [-0.39, 0.29) is 0 Å². The molecule has 2 aromatic heterocycles. The Morgan fingerprint density at radius 2 is 2.20 bits per heavy atom. The largest absolute Gasteiger partial charge is 0.341 e. The molecule has 20 heavy (non-hydrogen) atoms. The monoisotopic (exact) mass is 276 g/mol. The minimum absolute atomic E-state index is 0.328. The molecule has 0 radical (unpaired) electrons. The number of hydrazine groups is 1. The fraction of sp³-hybridized carbons (Fsp3) is 0.500. The maximum atomic E-state index is 5.43. The third kappa shape index (κ3) is 3.02. The highest BCUT2D eigenvalue weighted by atomic mass is 15.4. The second-order valence-electron chi connectivity index (χ2n) is 4.62. The molecule has 8 nitrogen and oxygen atoms in total. The second kappa shape index (κ2) is 6.29. The van der Waals surface area contributed by atoms with E-state index >= 15 is 0 Å².